The van der Waals surface area contributed by atoms with Crippen molar-refractivity contribution in [1.29, 1.82) is 0 Å². The Bertz CT molecular complexity index is 920. The summed E-state index contributed by atoms with van der Waals surface area (Å²) in [5.74, 6) is -0.838. The van der Waals surface area contributed by atoms with Gasteiger partial charge in [0.25, 0.3) is 0 Å². The number of unbranched alkanes of at least 4 members (excludes halogenated alkanes) is 41. The van der Waals surface area contributed by atoms with E-state index in [4.69, 9.17) is 14.2 Å². The van der Waals surface area contributed by atoms with Crippen LogP contribution in [0.4, 0.5) is 0 Å². The van der Waals surface area contributed by atoms with Crippen molar-refractivity contribution < 1.29 is 28.6 Å². The zero-order valence-corrected chi connectivity index (χ0v) is 42.2. The Labute approximate surface area is 387 Å². The molecule has 0 saturated carbocycles. The smallest absolute Gasteiger partial charge is 0.306 e. The largest absolute Gasteiger partial charge is 0.462 e. The molecule has 0 aliphatic heterocycles. The van der Waals surface area contributed by atoms with Crippen molar-refractivity contribution in [3.8, 4) is 0 Å². The Kier molecular flexibility index (Phi) is 50.7. The van der Waals surface area contributed by atoms with Crippen LogP contribution in [0.2, 0.25) is 0 Å². The molecule has 62 heavy (non-hydrogen) atoms. The van der Waals surface area contributed by atoms with Gasteiger partial charge in [0.2, 0.25) is 0 Å². The van der Waals surface area contributed by atoms with E-state index in [0.29, 0.717) is 19.3 Å². The van der Waals surface area contributed by atoms with Crippen molar-refractivity contribution in [2.75, 3.05) is 13.2 Å². The molecule has 0 aromatic heterocycles. The van der Waals surface area contributed by atoms with Gasteiger partial charge >= 0.3 is 17.9 Å². The van der Waals surface area contributed by atoms with Crippen LogP contribution in [-0.2, 0) is 28.6 Å². The normalized spacial score (nSPS) is 11.9. The molecule has 0 amide bonds. The van der Waals surface area contributed by atoms with Crippen LogP contribution in [0.15, 0.2) is 0 Å². The number of esters is 3. The minimum atomic E-state index is -0.760. The zero-order valence-electron chi connectivity index (χ0n) is 42.2. The second-order valence-corrected chi connectivity index (χ2v) is 19.2. The molecule has 0 bridgehead atoms. The fourth-order valence-corrected chi connectivity index (χ4v) is 8.62. The summed E-state index contributed by atoms with van der Waals surface area (Å²) in [6, 6.07) is 0. The maximum atomic E-state index is 12.8. The number of rotatable bonds is 52. The fourth-order valence-electron chi connectivity index (χ4n) is 8.62. The first kappa shape index (κ1) is 60.4. The predicted molar refractivity (Wildman–Crippen MR) is 266 cm³/mol. The van der Waals surface area contributed by atoms with Crippen LogP contribution in [-0.4, -0.2) is 37.2 Å². The van der Waals surface area contributed by atoms with Gasteiger partial charge in [-0.1, -0.05) is 284 Å². The molecule has 0 aromatic rings. The van der Waals surface area contributed by atoms with Crippen molar-refractivity contribution in [2.24, 2.45) is 0 Å². The number of carbonyl (C=O) groups excluding carboxylic acids is 3. The first-order chi connectivity index (χ1) is 30.5. The van der Waals surface area contributed by atoms with Crippen molar-refractivity contribution in [2.45, 2.75) is 329 Å². The topological polar surface area (TPSA) is 78.9 Å². The average Bonchev–Trinajstić information content (AvgIpc) is 3.27. The van der Waals surface area contributed by atoms with E-state index in [1.807, 2.05) is 0 Å². The van der Waals surface area contributed by atoms with Gasteiger partial charge in [-0.05, 0) is 19.3 Å². The van der Waals surface area contributed by atoms with Crippen LogP contribution in [0.1, 0.15) is 323 Å². The van der Waals surface area contributed by atoms with E-state index in [2.05, 4.69) is 20.8 Å². The van der Waals surface area contributed by atoms with E-state index >= 15 is 0 Å². The molecular formula is C56H108O6. The molecule has 0 aliphatic rings. The van der Waals surface area contributed by atoms with E-state index in [-0.39, 0.29) is 31.1 Å². The highest BCUT2D eigenvalue weighted by Crippen LogP contribution is 2.17. The summed E-state index contributed by atoms with van der Waals surface area (Å²) >= 11 is 0. The summed E-state index contributed by atoms with van der Waals surface area (Å²) in [4.78, 5) is 38.0. The first-order valence-corrected chi connectivity index (χ1v) is 28.0. The van der Waals surface area contributed by atoms with Gasteiger partial charge < -0.3 is 14.2 Å². The standard InChI is InChI=1S/C56H108O6/c1-4-7-10-13-16-19-21-23-25-27-29-30-32-34-37-40-43-46-49-55(58)61-52-53(51-60-54(57)48-45-42-39-36-18-15-12-9-6-3)62-56(59)50-47-44-41-38-35-33-31-28-26-24-22-20-17-14-11-8-5-2/h53H,4-52H2,1-3H3. The number of ether oxygens (including phenoxy) is 3. The lowest BCUT2D eigenvalue weighted by Gasteiger charge is -2.18. The van der Waals surface area contributed by atoms with Gasteiger partial charge in [0.05, 0.1) is 0 Å². The summed E-state index contributed by atoms with van der Waals surface area (Å²) in [7, 11) is 0. The van der Waals surface area contributed by atoms with E-state index in [9.17, 15) is 14.4 Å². The first-order valence-electron chi connectivity index (χ1n) is 28.0. The monoisotopic (exact) mass is 877 g/mol. The SMILES string of the molecule is CCCCCCCCCCCCCCCCCCCCC(=O)OCC(COC(=O)CCCCCCCCCCC)OC(=O)CCCCCCCCCCCCCCCCCCC. The third-order valence-corrected chi connectivity index (χ3v) is 12.9. The van der Waals surface area contributed by atoms with E-state index in [1.54, 1.807) is 0 Å². The minimum absolute atomic E-state index is 0.0615. The molecule has 0 aliphatic carbocycles. The van der Waals surface area contributed by atoms with Crippen LogP contribution in [0.25, 0.3) is 0 Å². The molecule has 0 spiro atoms. The molecule has 0 rings (SSSR count). The lowest BCUT2D eigenvalue weighted by atomic mass is 10.0. The summed E-state index contributed by atoms with van der Waals surface area (Å²) in [6.07, 6.45) is 56.7. The van der Waals surface area contributed by atoms with E-state index in [1.165, 1.54) is 225 Å². The lowest BCUT2D eigenvalue weighted by molar-refractivity contribution is -0.167. The fraction of sp³-hybridized carbons (Fsp3) is 0.946. The highest BCUT2D eigenvalue weighted by molar-refractivity contribution is 5.71. The highest BCUT2D eigenvalue weighted by Gasteiger charge is 2.19. The second kappa shape index (κ2) is 52.0. The van der Waals surface area contributed by atoms with Gasteiger partial charge in [-0.3, -0.25) is 14.4 Å². The number of carbonyl (C=O) groups is 3. The van der Waals surface area contributed by atoms with Gasteiger partial charge in [-0.15, -0.1) is 0 Å². The third-order valence-electron chi connectivity index (χ3n) is 12.9. The van der Waals surface area contributed by atoms with Crippen LogP contribution in [0.3, 0.4) is 0 Å². The summed E-state index contributed by atoms with van der Waals surface area (Å²) in [5.41, 5.74) is 0. The molecule has 0 N–H and O–H groups in total. The zero-order chi connectivity index (χ0) is 45.1. The maximum Gasteiger partial charge on any atom is 0.306 e. The predicted octanol–water partition coefficient (Wildman–Crippen LogP) is 18.4. The Morgan fingerprint density at radius 1 is 0.258 bits per heavy atom. The van der Waals surface area contributed by atoms with Gasteiger partial charge in [-0.25, -0.2) is 0 Å². The Morgan fingerprint density at radius 2 is 0.435 bits per heavy atom. The van der Waals surface area contributed by atoms with Crippen LogP contribution in [0.5, 0.6) is 0 Å². The number of hydrogen-bond acceptors (Lipinski definition) is 6. The number of hydrogen-bond donors (Lipinski definition) is 0. The Morgan fingerprint density at radius 3 is 0.645 bits per heavy atom. The van der Waals surface area contributed by atoms with Gasteiger partial charge in [-0.2, -0.15) is 0 Å². The summed E-state index contributed by atoms with van der Waals surface area (Å²) in [6.45, 7) is 6.68. The maximum absolute atomic E-state index is 12.8. The summed E-state index contributed by atoms with van der Waals surface area (Å²) in [5, 5.41) is 0. The van der Waals surface area contributed by atoms with Crippen molar-refractivity contribution >= 4 is 17.9 Å². The molecule has 0 radical (unpaired) electrons. The summed E-state index contributed by atoms with van der Waals surface area (Å²) < 4.78 is 16.8. The molecule has 368 valence electrons. The highest BCUT2D eigenvalue weighted by atomic mass is 16.6. The van der Waals surface area contributed by atoms with Crippen molar-refractivity contribution in [3.63, 3.8) is 0 Å². The molecule has 6 nitrogen and oxygen atoms in total. The Hall–Kier alpha value is -1.59. The van der Waals surface area contributed by atoms with Gasteiger partial charge in [0.15, 0.2) is 6.10 Å². The molecule has 1 atom stereocenters. The van der Waals surface area contributed by atoms with Gasteiger partial charge in [0.1, 0.15) is 13.2 Å². The van der Waals surface area contributed by atoms with E-state index in [0.717, 1.165) is 57.8 Å². The average molecular weight is 877 g/mol. The molecule has 0 aromatic carbocycles. The van der Waals surface area contributed by atoms with Gasteiger partial charge in [0, 0.05) is 19.3 Å². The van der Waals surface area contributed by atoms with Crippen molar-refractivity contribution in [1.82, 2.24) is 0 Å². The minimum Gasteiger partial charge on any atom is -0.462 e. The van der Waals surface area contributed by atoms with E-state index < -0.39 is 6.10 Å². The quantitative estimate of drug-likeness (QED) is 0.0344. The van der Waals surface area contributed by atoms with Crippen LogP contribution in [0, 0.1) is 0 Å². The molecule has 0 saturated heterocycles. The molecule has 6 heteroatoms. The molecular weight excluding hydrogens is 769 g/mol. The lowest BCUT2D eigenvalue weighted by Crippen LogP contribution is -2.30. The van der Waals surface area contributed by atoms with Crippen LogP contribution < -0.4 is 0 Å². The Balaban J connectivity index is 4.21. The second-order valence-electron chi connectivity index (χ2n) is 19.2. The van der Waals surface area contributed by atoms with Crippen LogP contribution >= 0.6 is 0 Å². The molecule has 1 unspecified atom stereocenters. The molecule has 0 fully saturated rings. The molecule has 0 heterocycles. The third kappa shape index (κ3) is 49.4. The van der Waals surface area contributed by atoms with Crippen molar-refractivity contribution in [3.05, 3.63) is 0 Å².